The van der Waals surface area contributed by atoms with Crippen molar-refractivity contribution in [2.75, 3.05) is 6.61 Å². The summed E-state index contributed by atoms with van der Waals surface area (Å²) in [5.41, 5.74) is 0.687. The second-order valence-corrected chi connectivity index (χ2v) is 9.51. The number of carbonyl (C=O) groups excluding carboxylic acids is 2. The molecule has 3 fully saturated rings. The lowest BCUT2D eigenvalue weighted by Gasteiger charge is -2.50. The third-order valence-corrected chi connectivity index (χ3v) is 7.32. The van der Waals surface area contributed by atoms with E-state index in [4.69, 9.17) is 39.5 Å². The molecule has 5 nitrogen and oxygen atoms in total. The zero-order valence-electron chi connectivity index (χ0n) is 17.0. The van der Waals surface area contributed by atoms with Crippen molar-refractivity contribution in [2.45, 2.75) is 31.8 Å². The third kappa shape index (κ3) is 5.13. The van der Waals surface area contributed by atoms with Gasteiger partial charge >= 0.3 is 0 Å². The Labute approximate surface area is 200 Å². The quantitative estimate of drug-likeness (QED) is 0.563. The van der Waals surface area contributed by atoms with E-state index in [1.54, 1.807) is 18.2 Å². The molecule has 0 aliphatic heterocycles. The van der Waals surface area contributed by atoms with E-state index >= 15 is 0 Å². The van der Waals surface area contributed by atoms with Crippen molar-refractivity contribution >= 4 is 46.6 Å². The number of ether oxygens (including phenoxy) is 1. The molecule has 3 aliphatic rings. The van der Waals surface area contributed by atoms with Gasteiger partial charge in [-0.3, -0.25) is 9.59 Å². The number of benzene rings is 2. The van der Waals surface area contributed by atoms with Crippen LogP contribution < -0.4 is 15.4 Å². The first-order chi connectivity index (χ1) is 15.3. The number of carbonyl (C=O) groups is 2. The fraction of sp³-hybridized carbons (Fsp3) is 0.391. The van der Waals surface area contributed by atoms with Gasteiger partial charge in [-0.1, -0.05) is 40.9 Å². The Morgan fingerprint density at radius 1 is 1.00 bits per heavy atom. The van der Waals surface area contributed by atoms with Crippen molar-refractivity contribution in [1.82, 2.24) is 10.6 Å². The summed E-state index contributed by atoms with van der Waals surface area (Å²) in [7, 11) is 0. The lowest BCUT2D eigenvalue weighted by Crippen LogP contribution is -2.56. The lowest BCUT2D eigenvalue weighted by atomic mass is 9.57. The van der Waals surface area contributed by atoms with Gasteiger partial charge in [0.25, 0.3) is 5.91 Å². The van der Waals surface area contributed by atoms with Crippen LogP contribution in [0.1, 0.15) is 24.8 Å². The van der Waals surface area contributed by atoms with Gasteiger partial charge < -0.3 is 15.4 Å². The van der Waals surface area contributed by atoms with Crippen molar-refractivity contribution in [1.29, 1.82) is 0 Å². The maximum absolute atomic E-state index is 13.5. The summed E-state index contributed by atoms with van der Waals surface area (Å²) in [6.07, 6.45) is 2.37. The number of amides is 2. The average molecular weight is 500 g/mol. The molecule has 3 aliphatic carbocycles. The molecule has 0 radical (unpaired) electrons. The van der Waals surface area contributed by atoms with Crippen LogP contribution in [0.3, 0.4) is 0 Å². The molecular weight excluding hydrogens is 478 g/mol. The Morgan fingerprint density at radius 3 is 2.41 bits per heavy atom. The van der Waals surface area contributed by atoms with E-state index in [1.807, 2.05) is 0 Å². The fourth-order valence-electron chi connectivity index (χ4n) is 4.49. The van der Waals surface area contributed by atoms with Crippen LogP contribution in [0.2, 0.25) is 15.1 Å². The van der Waals surface area contributed by atoms with Crippen molar-refractivity contribution in [3.63, 3.8) is 0 Å². The minimum atomic E-state index is -0.607. The molecule has 2 bridgehead atoms. The Morgan fingerprint density at radius 2 is 1.72 bits per heavy atom. The summed E-state index contributed by atoms with van der Waals surface area (Å²) >= 11 is 18.0. The molecular formula is C23H22Cl3FN2O3. The van der Waals surface area contributed by atoms with E-state index in [-0.39, 0.29) is 47.7 Å². The molecule has 0 aromatic heterocycles. The Bertz CT molecular complexity index is 1010. The standard InChI is InChI=1S/C23H22Cl3FN2O3/c24-17-2-1-3-18(25)16(17)10-28-23(31)15-9-21(13-6-12(15)7-13)29-22(30)11-32-14-4-5-19(26)20(27)8-14/h1-5,8,12-13,15,21H,6-7,9-11H2,(H,28,31)(H,29,30)/t12?,13?,15-,21?/m0/s1. The highest BCUT2D eigenvalue weighted by atomic mass is 35.5. The van der Waals surface area contributed by atoms with Crippen LogP contribution >= 0.6 is 34.8 Å². The Hall–Kier alpha value is -2.02. The molecule has 1 unspecified atom stereocenters. The van der Waals surface area contributed by atoms with Crippen LogP contribution in [0, 0.1) is 23.6 Å². The van der Waals surface area contributed by atoms with Crippen LogP contribution in [-0.4, -0.2) is 24.5 Å². The van der Waals surface area contributed by atoms with Gasteiger partial charge in [0.1, 0.15) is 11.6 Å². The predicted octanol–water partition coefficient (Wildman–Crippen LogP) is 5.01. The molecule has 2 N–H and O–H groups in total. The Balaban J connectivity index is 1.29. The predicted molar refractivity (Wildman–Crippen MR) is 121 cm³/mol. The molecule has 2 aromatic rings. The number of halogens is 4. The molecule has 0 saturated heterocycles. The van der Waals surface area contributed by atoms with Crippen LogP contribution in [0.5, 0.6) is 5.75 Å². The minimum Gasteiger partial charge on any atom is -0.484 e. The lowest BCUT2D eigenvalue weighted by molar-refractivity contribution is -0.136. The van der Waals surface area contributed by atoms with E-state index < -0.39 is 5.82 Å². The zero-order chi connectivity index (χ0) is 22.8. The van der Waals surface area contributed by atoms with E-state index in [2.05, 4.69) is 10.6 Å². The molecule has 2 aromatic carbocycles. The highest BCUT2D eigenvalue weighted by Gasteiger charge is 2.48. The SMILES string of the molecule is O=C(COc1ccc(Cl)c(F)c1)NC1C[C@H](C(=O)NCc2c(Cl)cccc2Cl)C2CC1C2. The van der Waals surface area contributed by atoms with Gasteiger partial charge in [-0.15, -0.1) is 0 Å². The van der Waals surface area contributed by atoms with Crippen molar-refractivity contribution < 1.29 is 18.7 Å². The third-order valence-electron chi connectivity index (χ3n) is 6.30. The first-order valence-electron chi connectivity index (χ1n) is 10.4. The first kappa shape index (κ1) is 23.1. The molecule has 32 heavy (non-hydrogen) atoms. The topological polar surface area (TPSA) is 67.4 Å². The van der Waals surface area contributed by atoms with Crippen LogP contribution in [0.25, 0.3) is 0 Å². The van der Waals surface area contributed by atoms with Crippen molar-refractivity contribution in [3.05, 3.63) is 62.8 Å². The molecule has 170 valence electrons. The summed E-state index contributed by atoms with van der Waals surface area (Å²) in [6.45, 7) is 0.0160. The molecule has 2 amide bonds. The monoisotopic (exact) mass is 498 g/mol. The van der Waals surface area contributed by atoms with Gasteiger partial charge in [-0.05, 0) is 55.4 Å². The van der Waals surface area contributed by atoms with Gasteiger partial charge in [0.15, 0.2) is 6.61 Å². The number of hydrogen-bond donors (Lipinski definition) is 2. The molecule has 9 heteroatoms. The number of hydrogen-bond acceptors (Lipinski definition) is 3. The van der Waals surface area contributed by atoms with Gasteiger partial charge in [-0.2, -0.15) is 0 Å². The van der Waals surface area contributed by atoms with Crippen LogP contribution in [-0.2, 0) is 16.1 Å². The summed E-state index contributed by atoms with van der Waals surface area (Å²) in [5, 5.41) is 6.93. The van der Waals surface area contributed by atoms with Crippen molar-refractivity contribution in [2.24, 2.45) is 17.8 Å². The van der Waals surface area contributed by atoms with E-state index in [1.165, 1.54) is 12.1 Å². The largest absolute Gasteiger partial charge is 0.484 e. The normalized spacial score (nSPS) is 23.8. The summed E-state index contributed by atoms with van der Waals surface area (Å²) < 4.78 is 18.9. The van der Waals surface area contributed by atoms with Gasteiger partial charge in [0, 0.05) is 40.2 Å². The van der Waals surface area contributed by atoms with Gasteiger partial charge in [0.05, 0.1) is 5.02 Å². The molecule has 5 rings (SSSR count). The van der Waals surface area contributed by atoms with E-state index in [0.29, 0.717) is 33.9 Å². The van der Waals surface area contributed by atoms with E-state index in [0.717, 1.165) is 18.9 Å². The molecule has 3 saturated carbocycles. The highest BCUT2D eigenvalue weighted by molar-refractivity contribution is 6.36. The van der Waals surface area contributed by atoms with Crippen LogP contribution in [0.4, 0.5) is 4.39 Å². The van der Waals surface area contributed by atoms with Gasteiger partial charge in [-0.25, -0.2) is 4.39 Å². The van der Waals surface area contributed by atoms with Crippen LogP contribution in [0.15, 0.2) is 36.4 Å². The molecule has 0 spiro atoms. The summed E-state index contributed by atoms with van der Waals surface area (Å²) in [4.78, 5) is 25.2. The summed E-state index contributed by atoms with van der Waals surface area (Å²) in [5.74, 6) is -0.247. The minimum absolute atomic E-state index is 0.00956. The van der Waals surface area contributed by atoms with Crippen molar-refractivity contribution in [3.8, 4) is 5.75 Å². The summed E-state index contributed by atoms with van der Waals surface area (Å²) in [6, 6.07) is 9.14. The Kier molecular flexibility index (Phi) is 7.13. The number of rotatable bonds is 7. The number of fused-ring (bicyclic) bond motifs is 2. The van der Waals surface area contributed by atoms with E-state index in [9.17, 15) is 14.0 Å². The maximum Gasteiger partial charge on any atom is 0.258 e. The first-order valence-corrected chi connectivity index (χ1v) is 11.5. The zero-order valence-corrected chi connectivity index (χ0v) is 19.3. The molecule has 2 atom stereocenters. The fourth-order valence-corrected chi connectivity index (χ4v) is 5.14. The number of nitrogens with one attached hydrogen (secondary N) is 2. The highest BCUT2D eigenvalue weighted by Crippen LogP contribution is 2.49. The molecule has 0 heterocycles. The van der Waals surface area contributed by atoms with Gasteiger partial charge in [0.2, 0.25) is 5.91 Å². The maximum atomic E-state index is 13.5. The average Bonchev–Trinajstić information content (AvgIpc) is 2.73. The second kappa shape index (κ2) is 9.86. The smallest absolute Gasteiger partial charge is 0.258 e. The second-order valence-electron chi connectivity index (χ2n) is 8.29.